The molecule has 0 radical (unpaired) electrons. The zero-order chi connectivity index (χ0) is 19.2. The van der Waals surface area contributed by atoms with Gasteiger partial charge in [0.05, 0.1) is 5.25 Å². The van der Waals surface area contributed by atoms with E-state index in [4.69, 9.17) is 0 Å². The van der Waals surface area contributed by atoms with Crippen molar-refractivity contribution in [3.05, 3.63) is 48.8 Å². The quantitative estimate of drug-likeness (QED) is 0.568. The monoisotopic (exact) mass is 407 g/mol. The number of aromatic amines is 1. The average molecular weight is 407 g/mol. The van der Waals surface area contributed by atoms with Crippen LogP contribution in [0.1, 0.15) is 6.92 Å². The Morgan fingerprint density at radius 1 is 1.11 bits per heavy atom. The summed E-state index contributed by atoms with van der Waals surface area (Å²) in [6.07, 6.45) is 3.32. The van der Waals surface area contributed by atoms with E-state index < -0.39 is 11.0 Å². The molecule has 0 saturated carbocycles. The van der Waals surface area contributed by atoms with E-state index >= 15 is 0 Å². The van der Waals surface area contributed by atoms with Gasteiger partial charge in [-0.15, -0.1) is 5.10 Å². The molecule has 0 bridgehead atoms. The summed E-state index contributed by atoms with van der Waals surface area (Å²) in [7, 11) is 0. The number of halogens is 2. The number of anilines is 1. The second-order valence-corrected chi connectivity index (χ2v) is 7.73. The molecule has 0 fully saturated rings. The number of hydrogen-bond acceptors (Lipinski definition) is 6. The Morgan fingerprint density at radius 3 is 2.48 bits per heavy atom. The largest absolute Gasteiger partial charge is 0.325 e. The molecule has 140 valence electrons. The fraction of sp³-hybridized carbons (Fsp3) is 0.176. The van der Waals surface area contributed by atoms with Crippen LogP contribution in [0.15, 0.2) is 58.8 Å². The minimum Gasteiger partial charge on any atom is -0.325 e. The molecule has 3 aromatic rings. The van der Waals surface area contributed by atoms with Crippen LogP contribution in [0.2, 0.25) is 0 Å². The first-order valence-corrected chi connectivity index (χ1v) is 9.62. The summed E-state index contributed by atoms with van der Waals surface area (Å²) in [5.41, 5.74) is 1.39. The second kappa shape index (κ2) is 8.96. The number of thioether (sulfide) groups is 2. The van der Waals surface area contributed by atoms with Gasteiger partial charge >= 0.3 is 0 Å². The Kier molecular flexibility index (Phi) is 6.40. The van der Waals surface area contributed by atoms with Crippen LogP contribution < -0.4 is 5.32 Å². The molecule has 0 aliphatic carbocycles. The van der Waals surface area contributed by atoms with Crippen molar-refractivity contribution in [2.45, 2.75) is 28.0 Å². The predicted molar refractivity (Wildman–Crippen MR) is 102 cm³/mol. The van der Waals surface area contributed by atoms with Crippen LogP contribution in [0.5, 0.6) is 0 Å². The van der Waals surface area contributed by atoms with Crippen molar-refractivity contribution < 1.29 is 13.6 Å². The zero-order valence-corrected chi connectivity index (χ0v) is 15.7. The maximum atomic E-state index is 12.3. The molecule has 0 unspecified atom stereocenters. The number of H-pyrrole nitrogens is 1. The Bertz CT molecular complexity index is 890. The van der Waals surface area contributed by atoms with Crippen molar-refractivity contribution in [1.29, 1.82) is 0 Å². The van der Waals surface area contributed by atoms with Crippen molar-refractivity contribution in [3.63, 3.8) is 0 Å². The number of rotatable bonds is 7. The maximum Gasteiger partial charge on any atom is 0.288 e. The first-order chi connectivity index (χ1) is 13.0. The number of aromatic nitrogens is 4. The summed E-state index contributed by atoms with van der Waals surface area (Å²) in [6.45, 7) is 1.74. The fourth-order valence-corrected chi connectivity index (χ4v) is 3.34. The van der Waals surface area contributed by atoms with Gasteiger partial charge in [0.2, 0.25) is 11.1 Å². The third kappa shape index (κ3) is 5.51. The SMILES string of the molecule is C[C@@H](Sc1n[nH]c(-c2ccncc2)n1)C(=O)Nc1ccc(SC(F)F)cc1. The molecule has 2 heterocycles. The van der Waals surface area contributed by atoms with Gasteiger partial charge < -0.3 is 5.32 Å². The van der Waals surface area contributed by atoms with E-state index in [1.165, 1.54) is 11.8 Å². The fourth-order valence-electron chi connectivity index (χ4n) is 2.11. The number of benzene rings is 1. The number of carbonyl (C=O) groups is 1. The Labute approximate surface area is 162 Å². The minimum absolute atomic E-state index is 0.232. The van der Waals surface area contributed by atoms with E-state index in [-0.39, 0.29) is 5.91 Å². The van der Waals surface area contributed by atoms with Crippen molar-refractivity contribution in [3.8, 4) is 11.4 Å². The molecular formula is C17H15F2N5OS2. The van der Waals surface area contributed by atoms with Gasteiger partial charge in [-0.1, -0.05) is 23.5 Å². The third-order valence-electron chi connectivity index (χ3n) is 3.42. The standard InChI is InChI=1S/C17H15F2N5OS2/c1-10(15(25)21-12-2-4-13(5-3-12)27-16(18)19)26-17-22-14(23-24-17)11-6-8-20-9-7-11/h2-10,16H,1H3,(H,21,25)(H,22,23,24)/t10-/m1/s1. The molecular weight excluding hydrogens is 392 g/mol. The molecule has 0 saturated heterocycles. The van der Waals surface area contributed by atoms with E-state index in [0.717, 1.165) is 5.56 Å². The molecule has 1 atom stereocenters. The van der Waals surface area contributed by atoms with Gasteiger partial charge in [0.1, 0.15) is 0 Å². The number of alkyl halides is 2. The van der Waals surface area contributed by atoms with Gasteiger partial charge in [-0.3, -0.25) is 14.9 Å². The van der Waals surface area contributed by atoms with Crippen LogP contribution >= 0.6 is 23.5 Å². The molecule has 1 amide bonds. The average Bonchev–Trinajstić information content (AvgIpc) is 3.12. The van der Waals surface area contributed by atoms with Gasteiger partial charge in [-0.25, -0.2) is 4.98 Å². The number of carbonyl (C=O) groups excluding carboxylic acids is 1. The number of pyridine rings is 1. The van der Waals surface area contributed by atoms with E-state index in [1.807, 2.05) is 0 Å². The summed E-state index contributed by atoms with van der Waals surface area (Å²) < 4.78 is 24.7. The Balaban J connectivity index is 1.57. The van der Waals surface area contributed by atoms with Crippen LogP contribution in [-0.2, 0) is 4.79 Å². The highest BCUT2D eigenvalue weighted by molar-refractivity contribution is 8.00. The maximum absolute atomic E-state index is 12.3. The Hall–Kier alpha value is -2.46. The second-order valence-electron chi connectivity index (χ2n) is 5.35. The number of nitrogens with zero attached hydrogens (tertiary/aromatic N) is 3. The molecule has 1 aromatic carbocycles. The van der Waals surface area contributed by atoms with Crippen molar-refractivity contribution in [2.24, 2.45) is 0 Å². The summed E-state index contributed by atoms with van der Waals surface area (Å²) in [5, 5.41) is 9.71. The van der Waals surface area contributed by atoms with Gasteiger partial charge in [-0.2, -0.15) is 8.78 Å². The lowest BCUT2D eigenvalue weighted by atomic mass is 10.3. The highest BCUT2D eigenvalue weighted by atomic mass is 32.2. The molecule has 0 aliphatic rings. The van der Waals surface area contributed by atoms with Gasteiger partial charge in [0, 0.05) is 28.5 Å². The topological polar surface area (TPSA) is 83.6 Å². The first-order valence-electron chi connectivity index (χ1n) is 7.86. The lowest BCUT2D eigenvalue weighted by Crippen LogP contribution is -2.22. The minimum atomic E-state index is -2.47. The molecule has 2 N–H and O–H groups in total. The van der Waals surface area contributed by atoms with Gasteiger partial charge in [0.25, 0.3) is 5.76 Å². The summed E-state index contributed by atoms with van der Waals surface area (Å²) in [5.74, 6) is -2.11. The lowest BCUT2D eigenvalue weighted by Gasteiger charge is -2.10. The summed E-state index contributed by atoms with van der Waals surface area (Å²) >= 11 is 1.67. The molecule has 2 aromatic heterocycles. The smallest absolute Gasteiger partial charge is 0.288 e. The molecule has 3 rings (SSSR count). The van der Waals surface area contributed by atoms with Crippen LogP contribution in [0, 0.1) is 0 Å². The van der Waals surface area contributed by atoms with Crippen LogP contribution in [-0.4, -0.2) is 37.1 Å². The van der Waals surface area contributed by atoms with E-state index in [2.05, 4.69) is 25.5 Å². The number of nitrogens with one attached hydrogen (secondary N) is 2. The molecule has 6 nitrogen and oxygen atoms in total. The normalized spacial score (nSPS) is 12.1. The van der Waals surface area contributed by atoms with Gasteiger partial charge in [-0.05, 0) is 43.3 Å². The zero-order valence-electron chi connectivity index (χ0n) is 14.1. The third-order valence-corrected chi connectivity index (χ3v) is 5.10. The first kappa shape index (κ1) is 19.3. The van der Waals surface area contributed by atoms with Crippen molar-refractivity contribution in [1.82, 2.24) is 20.2 Å². The molecule has 0 spiro atoms. The molecule has 10 heteroatoms. The lowest BCUT2D eigenvalue weighted by molar-refractivity contribution is -0.115. The van der Waals surface area contributed by atoms with E-state index in [0.29, 0.717) is 33.3 Å². The van der Waals surface area contributed by atoms with E-state index in [9.17, 15) is 13.6 Å². The molecule has 0 aliphatic heterocycles. The van der Waals surface area contributed by atoms with E-state index in [1.54, 1.807) is 55.7 Å². The van der Waals surface area contributed by atoms with Crippen LogP contribution in [0.4, 0.5) is 14.5 Å². The highest BCUT2D eigenvalue weighted by Crippen LogP contribution is 2.27. The number of amides is 1. The van der Waals surface area contributed by atoms with Crippen LogP contribution in [0.3, 0.4) is 0 Å². The Morgan fingerprint density at radius 2 is 1.81 bits per heavy atom. The van der Waals surface area contributed by atoms with Crippen molar-refractivity contribution in [2.75, 3.05) is 5.32 Å². The van der Waals surface area contributed by atoms with Crippen LogP contribution in [0.25, 0.3) is 11.4 Å². The summed E-state index contributed by atoms with van der Waals surface area (Å²) in [4.78, 5) is 21.1. The summed E-state index contributed by atoms with van der Waals surface area (Å²) in [6, 6.07) is 9.88. The number of hydrogen-bond donors (Lipinski definition) is 2. The molecule has 27 heavy (non-hydrogen) atoms. The van der Waals surface area contributed by atoms with Crippen molar-refractivity contribution >= 4 is 35.1 Å². The predicted octanol–water partition coefficient (Wildman–Crippen LogP) is 4.30. The van der Waals surface area contributed by atoms with Gasteiger partial charge in [0.15, 0.2) is 5.82 Å². The highest BCUT2D eigenvalue weighted by Gasteiger charge is 2.18.